The second-order valence-electron chi connectivity index (χ2n) is 3.55. The quantitative estimate of drug-likeness (QED) is 0.663. The lowest BCUT2D eigenvalue weighted by molar-refractivity contribution is 0.0330. The molecule has 0 aromatic carbocycles. The van der Waals surface area contributed by atoms with Crippen molar-refractivity contribution in [3.05, 3.63) is 36.1 Å². The van der Waals surface area contributed by atoms with Gasteiger partial charge >= 0.3 is 0 Å². The van der Waals surface area contributed by atoms with Crippen LogP contribution >= 0.6 is 0 Å². The Kier molecular flexibility index (Phi) is 3.01. The largest absolute Gasteiger partial charge is 0.399 e. The second kappa shape index (κ2) is 4.44. The van der Waals surface area contributed by atoms with Gasteiger partial charge in [0.15, 0.2) is 0 Å². The molecule has 1 heterocycles. The first-order valence-electron chi connectivity index (χ1n) is 5.00. The predicted molar refractivity (Wildman–Crippen MR) is 56.7 cm³/mol. The van der Waals surface area contributed by atoms with Crippen molar-refractivity contribution < 1.29 is 4.74 Å². The van der Waals surface area contributed by atoms with Crippen LogP contribution < -0.4 is 5.73 Å². The molecule has 3 nitrogen and oxygen atoms in total. The van der Waals surface area contributed by atoms with E-state index in [9.17, 15) is 0 Å². The van der Waals surface area contributed by atoms with Crippen molar-refractivity contribution in [2.24, 2.45) is 5.73 Å². The molecule has 2 aliphatic rings. The van der Waals surface area contributed by atoms with Crippen LogP contribution in [-0.4, -0.2) is 37.2 Å². The molecule has 2 rings (SSSR count). The van der Waals surface area contributed by atoms with Crippen molar-refractivity contribution in [3.8, 4) is 0 Å². The third-order valence-electron chi connectivity index (χ3n) is 2.55. The van der Waals surface area contributed by atoms with Crippen molar-refractivity contribution in [2.75, 3.05) is 26.3 Å². The van der Waals surface area contributed by atoms with Crippen LogP contribution in [0.4, 0.5) is 0 Å². The second-order valence-corrected chi connectivity index (χ2v) is 3.55. The molecule has 1 atom stereocenters. The Hall–Kier alpha value is -1.06. The molecule has 0 bridgehead atoms. The molecule has 3 heteroatoms. The first-order valence-corrected chi connectivity index (χ1v) is 5.00. The molecule has 1 unspecified atom stereocenters. The van der Waals surface area contributed by atoms with Gasteiger partial charge in [-0.3, -0.25) is 4.90 Å². The van der Waals surface area contributed by atoms with Gasteiger partial charge in [0, 0.05) is 24.8 Å². The number of allylic oxidation sites excluding steroid dienone is 3. The Morgan fingerprint density at radius 2 is 2.07 bits per heavy atom. The van der Waals surface area contributed by atoms with E-state index in [1.807, 2.05) is 18.2 Å². The minimum absolute atomic E-state index is 0.371. The maximum Gasteiger partial charge on any atom is 0.0594 e. The Morgan fingerprint density at radius 1 is 1.29 bits per heavy atom. The summed E-state index contributed by atoms with van der Waals surface area (Å²) in [6, 6.07) is 0.371. The maximum absolute atomic E-state index is 5.71. The number of ether oxygens (including phenoxy) is 1. The summed E-state index contributed by atoms with van der Waals surface area (Å²) in [5.41, 5.74) is 6.52. The molecule has 0 aromatic heterocycles. The van der Waals surface area contributed by atoms with E-state index >= 15 is 0 Å². The van der Waals surface area contributed by atoms with Crippen molar-refractivity contribution in [1.29, 1.82) is 0 Å². The predicted octanol–water partition coefficient (Wildman–Crippen LogP) is 0.656. The Labute approximate surface area is 84.5 Å². The molecule has 0 amide bonds. The van der Waals surface area contributed by atoms with Crippen LogP contribution in [0.2, 0.25) is 0 Å². The molecule has 76 valence electrons. The minimum Gasteiger partial charge on any atom is -0.399 e. The molecule has 0 radical (unpaired) electrons. The molecule has 0 spiro atoms. The van der Waals surface area contributed by atoms with E-state index in [1.54, 1.807) is 0 Å². The van der Waals surface area contributed by atoms with E-state index < -0.39 is 0 Å². The van der Waals surface area contributed by atoms with Gasteiger partial charge in [-0.1, -0.05) is 18.2 Å². The zero-order valence-corrected chi connectivity index (χ0v) is 8.23. The smallest absolute Gasteiger partial charge is 0.0594 e. The SMILES string of the molecule is NC1=CC=CC(N2CCOCC2)C=C1. The van der Waals surface area contributed by atoms with Gasteiger partial charge in [0.2, 0.25) is 0 Å². The van der Waals surface area contributed by atoms with Crippen molar-refractivity contribution in [3.63, 3.8) is 0 Å². The average molecular weight is 192 g/mol. The van der Waals surface area contributed by atoms with E-state index in [0.717, 1.165) is 32.0 Å². The lowest BCUT2D eigenvalue weighted by Crippen LogP contribution is -2.41. The van der Waals surface area contributed by atoms with Gasteiger partial charge in [-0.2, -0.15) is 0 Å². The van der Waals surface area contributed by atoms with Gasteiger partial charge < -0.3 is 10.5 Å². The van der Waals surface area contributed by atoms with Crippen LogP contribution in [0.3, 0.4) is 0 Å². The molecular weight excluding hydrogens is 176 g/mol. The van der Waals surface area contributed by atoms with Crippen LogP contribution in [-0.2, 0) is 4.74 Å². The van der Waals surface area contributed by atoms with E-state index in [0.29, 0.717) is 6.04 Å². The Morgan fingerprint density at radius 3 is 2.86 bits per heavy atom. The molecule has 14 heavy (non-hydrogen) atoms. The van der Waals surface area contributed by atoms with Crippen LogP contribution in [0.5, 0.6) is 0 Å². The highest BCUT2D eigenvalue weighted by Gasteiger charge is 2.16. The van der Waals surface area contributed by atoms with E-state index in [-0.39, 0.29) is 0 Å². The summed E-state index contributed by atoms with van der Waals surface area (Å²) in [5.74, 6) is 0. The van der Waals surface area contributed by atoms with E-state index in [2.05, 4.69) is 17.1 Å². The van der Waals surface area contributed by atoms with Gasteiger partial charge in [-0.15, -0.1) is 0 Å². The van der Waals surface area contributed by atoms with Crippen LogP contribution in [0.1, 0.15) is 0 Å². The number of rotatable bonds is 1. The molecule has 1 aliphatic heterocycles. The van der Waals surface area contributed by atoms with Crippen LogP contribution in [0.25, 0.3) is 0 Å². The topological polar surface area (TPSA) is 38.5 Å². The monoisotopic (exact) mass is 192 g/mol. The summed E-state index contributed by atoms with van der Waals surface area (Å²) in [6.07, 6.45) is 10.2. The molecule has 1 aliphatic carbocycles. The van der Waals surface area contributed by atoms with E-state index in [4.69, 9.17) is 10.5 Å². The molecule has 0 saturated carbocycles. The van der Waals surface area contributed by atoms with Crippen LogP contribution in [0.15, 0.2) is 36.1 Å². The van der Waals surface area contributed by atoms with Crippen LogP contribution in [0, 0.1) is 0 Å². The number of hydrogen-bond donors (Lipinski definition) is 1. The summed E-state index contributed by atoms with van der Waals surface area (Å²) in [5, 5.41) is 0. The number of nitrogens with two attached hydrogens (primary N) is 1. The van der Waals surface area contributed by atoms with Gasteiger partial charge in [-0.05, 0) is 12.2 Å². The van der Waals surface area contributed by atoms with E-state index in [1.165, 1.54) is 0 Å². The standard InChI is InChI=1S/C11H16N2O/c12-10-2-1-3-11(5-4-10)13-6-8-14-9-7-13/h1-5,11H,6-9,12H2. The first-order chi connectivity index (χ1) is 6.86. The van der Waals surface area contributed by atoms with Gasteiger partial charge in [0.25, 0.3) is 0 Å². The van der Waals surface area contributed by atoms with Crippen molar-refractivity contribution >= 4 is 0 Å². The molecular formula is C11H16N2O. The lowest BCUT2D eigenvalue weighted by atomic mass is 10.2. The third kappa shape index (κ3) is 2.25. The molecule has 1 fully saturated rings. The Bertz CT molecular complexity index is 275. The summed E-state index contributed by atoms with van der Waals surface area (Å²) >= 11 is 0. The normalized spacial score (nSPS) is 28.6. The fraction of sp³-hybridized carbons (Fsp3) is 0.455. The van der Waals surface area contributed by atoms with Gasteiger partial charge in [0.1, 0.15) is 0 Å². The highest BCUT2D eigenvalue weighted by Crippen LogP contribution is 2.10. The van der Waals surface area contributed by atoms with Gasteiger partial charge in [-0.25, -0.2) is 0 Å². The minimum atomic E-state index is 0.371. The zero-order valence-electron chi connectivity index (χ0n) is 8.23. The fourth-order valence-corrected chi connectivity index (χ4v) is 1.73. The third-order valence-corrected chi connectivity index (χ3v) is 2.55. The van der Waals surface area contributed by atoms with Crippen molar-refractivity contribution in [1.82, 2.24) is 4.90 Å². The Balaban J connectivity index is 2.01. The average Bonchev–Trinajstić information content (AvgIpc) is 2.44. The van der Waals surface area contributed by atoms with Gasteiger partial charge in [0.05, 0.1) is 13.2 Å². The zero-order chi connectivity index (χ0) is 9.80. The summed E-state index contributed by atoms with van der Waals surface area (Å²) < 4.78 is 5.32. The molecule has 2 N–H and O–H groups in total. The highest BCUT2D eigenvalue weighted by atomic mass is 16.5. The maximum atomic E-state index is 5.71. The lowest BCUT2D eigenvalue weighted by Gasteiger charge is -2.30. The number of morpholine rings is 1. The summed E-state index contributed by atoms with van der Waals surface area (Å²) in [4.78, 5) is 2.39. The van der Waals surface area contributed by atoms with Crippen molar-refractivity contribution in [2.45, 2.75) is 6.04 Å². The molecule has 1 saturated heterocycles. The summed E-state index contributed by atoms with van der Waals surface area (Å²) in [7, 11) is 0. The fourth-order valence-electron chi connectivity index (χ4n) is 1.73. The molecule has 0 aromatic rings. The number of hydrogen-bond acceptors (Lipinski definition) is 3. The number of nitrogens with zero attached hydrogens (tertiary/aromatic N) is 1. The first kappa shape index (κ1) is 9.49. The summed E-state index contributed by atoms with van der Waals surface area (Å²) in [6.45, 7) is 3.67. The highest BCUT2D eigenvalue weighted by molar-refractivity contribution is 5.28.